The van der Waals surface area contributed by atoms with E-state index in [1.807, 2.05) is 0 Å². The van der Waals surface area contributed by atoms with Gasteiger partial charge in [-0.25, -0.2) is 4.98 Å². The highest BCUT2D eigenvalue weighted by Gasteiger charge is 2.36. The Hall–Kier alpha value is -2.38. The molecule has 1 aromatic heterocycles. The molecule has 2 rings (SSSR count). The van der Waals surface area contributed by atoms with Gasteiger partial charge in [-0.1, -0.05) is 0 Å². The Bertz CT molecular complexity index is 553. The molecule has 108 valence electrons. The third kappa shape index (κ3) is 2.49. The van der Waals surface area contributed by atoms with Crippen molar-refractivity contribution in [3.05, 3.63) is 27.9 Å². The van der Waals surface area contributed by atoms with Crippen LogP contribution in [0.1, 0.15) is 30.3 Å². The maximum absolute atomic E-state index is 12.3. The van der Waals surface area contributed by atoms with Gasteiger partial charge in [-0.2, -0.15) is 0 Å². The van der Waals surface area contributed by atoms with E-state index in [9.17, 15) is 19.7 Å². The van der Waals surface area contributed by atoms with E-state index in [2.05, 4.69) is 4.98 Å². The smallest absolute Gasteiger partial charge is 0.321 e. The van der Waals surface area contributed by atoms with E-state index in [0.717, 1.165) is 0 Å². The molecule has 8 nitrogen and oxygen atoms in total. The molecule has 1 saturated heterocycles. The van der Waals surface area contributed by atoms with E-state index in [1.54, 1.807) is 6.92 Å². The minimum Gasteiger partial charge on any atom is -0.481 e. The number of piperidine rings is 1. The van der Waals surface area contributed by atoms with Gasteiger partial charge >= 0.3 is 11.8 Å². The number of H-pyrrole nitrogens is 1. The number of carbonyl (C=O) groups is 2. The number of carboxylic acids is 1. The fourth-order valence-corrected chi connectivity index (χ4v) is 2.53. The van der Waals surface area contributed by atoms with Crippen LogP contribution in [0.25, 0.3) is 0 Å². The molecule has 8 heteroatoms. The van der Waals surface area contributed by atoms with Crippen molar-refractivity contribution < 1.29 is 19.6 Å². The first-order valence-electron chi connectivity index (χ1n) is 6.29. The van der Waals surface area contributed by atoms with E-state index in [4.69, 9.17) is 5.11 Å². The van der Waals surface area contributed by atoms with Gasteiger partial charge in [-0.15, -0.1) is 0 Å². The molecule has 0 radical (unpaired) electrons. The number of nitrogens with one attached hydrogen (secondary N) is 1. The topological polar surface area (TPSA) is 117 Å². The number of carbonyl (C=O) groups excluding carboxylic acids is 1. The van der Waals surface area contributed by atoms with Crippen LogP contribution in [0.5, 0.6) is 0 Å². The van der Waals surface area contributed by atoms with E-state index in [-0.39, 0.29) is 11.5 Å². The SMILES string of the molecule is C[C@@H]1[C@H](C(=O)O)CCCN1C(=O)c1ccc([N+](=O)[O-])[nH]1. The number of amides is 1. The van der Waals surface area contributed by atoms with Crippen LogP contribution in [0.2, 0.25) is 0 Å². The molecule has 1 aromatic rings. The van der Waals surface area contributed by atoms with Crippen LogP contribution in [-0.2, 0) is 4.79 Å². The number of hydrogen-bond acceptors (Lipinski definition) is 4. The van der Waals surface area contributed by atoms with Crippen molar-refractivity contribution in [3.63, 3.8) is 0 Å². The number of aliphatic carboxylic acids is 1. The summed E-state index contributed by atoms with van der Waals surface area (Å²) in [5, 5.41) is 19.7. The predicted octanol–water partition coefficient (Wildman–Crippen LogP) is 1.25. The molecule has 0 aliphatic carbocycles. The molecule has 0 aromatic carbocycles. The van der Waals surface area contributed by atoms with Crippen LogP contribution >= 0.6 is 0 Å². The summed E-state index contributed by atoms with van der Waals surface area (Å²) >= 11 is 0. The lowest BCUT2D eigenvalue weighted by Crippen LogP contribution is -2.49. The van der Waals surface area contributed by atoms with Crippen molar-refractivity contribution in [1.82, 2.24) is 9.88 Å². The lowest BCUT2D eigenvalue weighted by molar-refractivity contribution is -0.389. The third-order valence-corrected chi connectivity index (χ3v) is 3.66. The fourth-order valence-electron chi connectivity index (χ4n) is 2.53. The molecule has 2 N–H and O–H groups in total. The second kappa shape index (κ2) is 5.32. The van der Waals surface area contributed by atoms with Crippen LogP contribution in [0.15, 0.2) is 12.1 Å². The molecule has 0 saturated carbocycles. The zero-order valence-electron chi connectivity index (χ0n) is 10.9. The monoisotopic (exact) mass is 281 g/mol. The van der Waals surface area contributed by atoms with Crippen LogP contribution in [0.3, 0.4) is 0 Å². The minimum atomic E-state index is -0.924. The zero-order valence-corrected chi connectivity index (χ0v) is 10.9. The molecule has 0 bridgehead atoms. The number of nitrogens with zero attached hydrogens (tertiary/aromatic N) is 2. The molecule has 0 spiro atoms. The number of aromatic amines is 1. The minimum absolute atomic E-state index is 0.106. The van der Waals surface area contributed by atoms with E-state index in [0.29, 0.717) is 19.4 Å². The molecule has 1 aliphatic heterocycles. The number of hydrogen-bond donors (Lipinski definition) is 2. The predicted molar refractivity (Wildman–Crippen MR) is 68.3 cm³/mol. The van der Waals surface area contributed by atoms with Crippen molar-refractivity contribution in [2.75, 3.05) is 6.54 Å². The second-order valence-corrected chi connectivity index (χ2v) is 4.84. The molecule has 2 heterocycles. The van der Waals surface area contributed by atoms with Crippen molar-refractivity contribution in [1.29, 1.82) is 0 Å². The normalized spacial score (nSPS) is 22.6. The number of aromatic nitrogens is 1. The highest BCUT2D eigenvalue weighted by molar-refractivity contribution is 5.93. The maximum Gasteiger partial charge on any atom is 0.321 e. The second-order valence-electron chi connectivity index (χ2n) is 4.84. The van der Waals surface area contributed by atoms with Gasteiger partial charge in [0.1, 0.15) is 0 Å². The van der Waals surface area contributed by atoms with Gasteiger partial charge in [0, 0.05) is 18.7 Å². The molecule has 2 atom stereocenters. The zero-order chi connectivity index (χ0) is 14.9. The number of likely N-dealkylation sites (tertiary alicyclic amines) is 1. The quantitative estimate of drug-likeness (QED) is 0.638. The summed E-state index contributed by atoms with van der Waals surface area (Å²) < 4.78 is 0. The van der Waals surface area contributed by atoms with Crippen LogP contribution < -0.4 is 0 Å². The molecule has 0 unspecified atom stereocenters. The summed E-state index contributed by atoms with van der Waals surface area (Å²) in [5.74, 6) is -2.19. The molecular formula is C12H15N3O5. The standard InChI is InChI=1S/C12H15N3O5/c1-7-8(12(17)18)3-2-6-14(7)11(16)9-4-5-10(13-9)15(19)20/h4-5,7-8,13H,2-3,6H2,1H3,(H,17,18)/t7-,8-/m1/s1. The van der Waals surface area contributed by atoms with Crippen molar-refractivity contribution in [2.45, 2.75) is 25.8 Å². The van der Waals surface area contributed by atoms with E-state index in [1.165, 1.54) is 17.0 Å². The lowest BCUT2D eigenvalue weighted by atomic mass is 9.90. The summed E-state index contributed by atoms with van der Waals surface area (Å²) in [6.07, 6.45) is 1.14. The van der Waals surface area contributed by atoms with Gasteiger partial charge in [0.15, 0.2) is 5.69 Å². The van der Waals surface area contributed by atoms with Gasteiger partial charge in [0.05, 0.1) is 5.92 Å². The number of nitro groups is 1. The first-order chi connectivity index (χ1) is 9.41. The Labute approximate surface area is 114 Å². The number of carboxylic acid groups (broad SMARTS) is 1. The highest BCUT2D eigenvalue weighted by Crippen LogP contribution is 2.25. The van der Waals surface area contributed by atoms with E-state index < -0.39 is 28.8 Å². The first kappa shape index (κ1) is 14.0. The van der Waals surface area contributed by atoms with Crippen LogP contribution in [0, 0.1) is 16.0 Å². The van der Waals surface area contributed by atoms with Gasteiger partial charge in [0.25, 0.3) is 5.91 Å². The van der Waals surface area contributed by atoms with Crippen molar-refractivity contribution >= 4 is 17.7 Å². The van der Waals surface area contributed by atoms with Crippen LogP contribution in [-0.4, -0.2) is 44.4 Å². The molecule has 1 fully saturated rings. The van der Waals surface area contributed by atoms with E-state index >= 15 is 0 Å². The Kier molecular flexibility index (Phi) is 3.73. The third-order valence-electron chi connectivity index (χ3n) is 3.66. The Morgan fingerprint density at radius 1 is 1.50 bits per heavy atom. The summed E-state index contributed by atoms with van der Waals surface area (Å²) in [6, 6.07) is 2.13. The Morgan fingerprint density at radius 3 is 2.75 bits per heavy atom. The summed E-state index contributed by atoms with van der Waals surface area (Å²) in [7, 11) is 0. The van der Waals surface area contributed by atoms with Crippen molar-refractivity contribution in [3.8, 4) is 0 Å². The first-order valence-corrected chi connectivity index (χ1v) is 6.29. The highest BCUT2D eigenvalue weighted by atomic mass is 16.6. The molecular weight excluding hydrogens is 266 g/mol. The average Bonchev–Trinajstić information content (AvgIpc) is 2.87. The average molecular weight is 281 g/mol. The lowest BCUT2D eigenvalue weighted by Gasteiger charge is -2.36. The van der Waals surface area contributed by atoms with Gasteiger partial charge < -0.3 is 20.1 Å². The summed E-state index contributed by atoms with van der Waals surface area (Å²) in [5.41, 5.74) is 0.106. The largest absolute Gasteiger partial charge is 0.481 e. The van der Waals surface area contributed by atoms with Gasteiger partial charge in [0.2, 0.25) is 0 Å². The molecule has 20 heavy (non-hydrogen) atoms. The Balaban J connectivity index is 2.18. The summed E-state index contributed by atoms with van der Waals surface area (Å²) in [4.78, 5) is 37.3. The molecule has 1 aliphatic rings. The van der Waals surface area contributed by atoms with Crippen LogP contribution in [0.4, 0.5) is 5.82 Å². The van der Waals surface area contributed by atoms with Crippen molar-refractivity contribution in [2.24, 2.45) is 5.92 Å². The summed E-state index contributed by atoms with van der Waals surface area (Å²) in [6.45, 7) is 2.14. The fraction of sp³-hybridized carbons (Fsp3) is 0.500. The maximum atomic E-state index is 12.3. The van der Waals surface area contributed by atoms with Gasteiger partial charge in [-0.05, 0) is 30.8 Å². The molecule has 1 amide bonds. The Morgan fingerprint density at radius 2 is 2.20 bits per heavy atom. The number of rotatable bonds is 3. The van der Waals surface area contributed by atoms with Gasteiger partial charge in [-0.3, -0.25) is 9.59 Å².